The van der Waals surface area contributed by atoms with Crippen molar-refractivity contribution in [3.63, 3.8) is 0 Å². The Kier molecular flexibility index (Phi) is 1.89. The second kappa shape index (κ2) is 3.27. The lowest BCUT2D eigenvalue weighted by atomic mass is 10.0. The maximum atomic E-state index is 11.2. The van der Waals surface area contributed by atoms with Crippen LogP contribution in [0.5, 0.6) is 17.2 Å². The number of rotatable bonds is 1. The van der Waals surface area contributed by atoms with Crippen LogP contribution in [-0.2, 0) is 11.2 Å². The molecule has 0 N–H and O–H groups in total. The SMILES string of the molecule is COc1c2c(cc3c1CC(=O)O3)OCC=C2. The highest BCUT2D eigenvalue weighted by molar-refractivity contribution is 5.85. The molecule has 2 aliphatic rings. The fourth-order valence-electron chi connectivity index (χ4n) is 2.05. The Hall–Kier alpha value is -1.97. The van der Waals surface area contributed by atoms with Crippen molar-refractivity contribution in [1.82, 2.24) is 0 Å². The molecule has 1 aromatic rings. The van der Waals surface area contributed by atoms with Crippen molar-refractivity contribution in [3.05, 3.63) is 23.3 Å². The van der Waals surface area contributed by atoms with Crippen LogP contribution in [0, 0.1) is 0 Å². The molecular weight excluding hydrogens is 208 g/mol. The summed E-state index contributed by atoms with van der Waals surface area (Å²) < 4.78 is 15.9. The number of esters is 1. The summed E-state index contributed by atoms with van der Waals surface area (Å²) in [6, 6.07) is 1.75. The molecule has 0 spiro atoms. The van der Waals surface area contributed by atoms with Gasteiger partial charge in [-0.3, -0.25) is 4.79 Å². The number of carbonyl (C=O) groups is 1. The maximum Gasteiger partial charge on any atom is 0.315 e. The minimum atomic E-state index is -0.250. The zero-order valence-electron chi connectivity index (χ0n) is 8.78. The van der Waals surface area contributed by atoms with Gasteiger partial charge in [-0.1, -0.05) is 0 Å². The number of hydrogen-bond donors (Lipinski definition) is 0. The lowest BCUT2D eigenvalue weighted by Crippen LogP contribution is -2.03. The fraction of sp³-hybridized carbons (Fsp3) is 0.250. The number of hydrogen-bond acceptors (Lipinski definition) is 4. The molecule has 3 rings (SSSR count). The van der Waals surface area contributed by atoms with Crippen LogP contribution in [0.2, 0.25) is 0 Å². The predicted octanol–water partition coefficient (Wildman–Crippen LogP) is 1.56. The van der Waals surface area contributed by atoms with Gasteiger partial charge in [0.05, 0.1) is 19.1 Å². The van der Waals surface area contributed by atoms with E-state index >= 15 is 0 Å². The summed E-state index contributed by atoms with van der Waals surface area (Å²) in [5.74, 6) is 1.68. The molecule has 0 radical (unpaired) electrons. The van der Waals surface area contributed by atoms with Gasteiger partial charge in [0.2, 0.25) is 0 Å². The molecule has 0 amide bonds. The van der Waals surface area contributed by atoms with E-state index in [2.05, 4.69) is 0 Å². The molecule has 0 aliphatic carbocycles. The molecule has 0 saturated heterocycles. The van der Waals surface area contributed by atoms with E-state index in [-0.39, 0.29) is 12.4 Å². The summed E-state index contributed by atoms with van der Waals surface area (Å²) in [5.41, 5.74) is 1.69. The summed E-state index contributed by atoms with van der Waals surface area (Å²) >= 11 is 0. The normalized spacial score (nSPS) is 16.2. The average Bonchev–Trinajstić information content (AvgIpc) is 2.65. The predicted molar refractivity (Wildman–Crippen MR) is 56.9 cm³/mol. The van der Waals surface area contributed by atoms with Gasteiger partial charge in [0.25, 0.3) is 0 Å². The monoisotopic (exact) mass is 218 g/mol. The highest BCUT2D eigenvalue weighted by Gasteiger charge is 2.28. The highest BCUT2D eigenvalue weighted by atomic mass is 16.5. The summed E-state index contributed by atoms with van der Waals surface area (Å²) in [6.45, 7) is 0.531. The Morgan fingerprint density at radius 1 is 1.38 bits per heavy atom. The third-order valence-electron chi connectivity index (χ3n) is 2.71. The zero-order valence-corrected chi connectivity index (χ0v) is 8.78. The molecule has 0 atom stereocenters. The van der Waals surface area contributed by atoms with E-state index < -0.39 is 0 Å². The van der Waals surface area contributed by atoms with Gasteiger partial charge >= 0.3 is 5.97 Å². The van der Waals surface area contributed by atoms with Crippen LogP contribution in [0.3, 0.4) is 0 Å². The molecular formula is C12H10O4. The van der Waals surface area contributed by atoms with Crippen LogP contribution in [-0.4, -0.2) is 19.7 Å². The summed E-state index contributed by atoms with van der Waals surface area (Å²) in [5, 5.41) is 0. The first-order valence-corrected chi connectivity index (χ1v) is 5.03. The Bertz CT molecular complexity index is 502. The standard InChI is InChI=1S/C12H10O4/c1-14-12-7-3-2-4-15-9(7)6-10-8(12)5-11(13)16-10/h2-3,6H,4-5H2,1H3. The van der Waals surface area contributed by atoms with E-state index in [1.807, 2.05) is 12.2 Å². The van der Waals surface area contributed by atoms with Crippen LogP contribution in [0.1, 0.15) is 11.1 Å². The largest absolute Gasteiger partial charge is 0.496 e. The van der Waals surface area contributed by atoms with Crippen molar-refractivity contribution < 1.29 is 19.0 Å². The topological polar surface area (TPSA) is 44.8 Å². The van der Waals surface area contributed by atoms with Crippen molar-refractivity contribution in [2.45, 2.75) is 6.42 Å². The second-order valence-corrected chi connectivity index (χ2v) is 3.66. The lowest BCUT2D eigenvalue weighted by molar-refractivity contribution is -0.131. The van der Waals surface area contributed by atoms with Crippen molar-refractivity contribution in [3.8, 4) is 17.2 Å². The Morgan fingerprint density at radius 2 is 2.25 bits per heavy atom. The van der Waals surface area contributed by atoms with E-state index in [0.29, 0.717) is 23.9 Å². The van der Waals surface area contributed by atoms with Gasteiger partial charge in [-0.05, 0) is 12.2 Å². The Morgan fingerprint density at radius 3 is 3.06 bits per heavy atom. The molecule has 2 aliphatic heterocycles. The molecule has 0 fully saturated rings. The zero-order chi connectivity index (χ0) is 11.1. The number of methoxy groups -OCH3 is 1. The van der Waals surface area contributed by atoms with Crippen LogP contribution >= 0.6 is 0 Å². The van der Waals surface area contributed by atoms with Crippen molar-refractivity contribution >= 4 is 12.0 Å². The van der Waals surface area contributed by atoms with Crippen molar-refractivity contribution in [2.75, 3.05) is 13.7 Å². The Labute approximate surface area is 92.4 Å². The summed E-state index contributed by atoms with van der Waals surface area (Å²) in [6.07, 6.45) is 4.12. The van der Waals surface area contributed by atoms with E-state index in [0.717, 1.165) is 11.1 Å². The molecule has 4 heteroatoms. The van der Waals surface area contributed by atoms with Gasteiger partial charge in [-0.25, -0.2) is 0 Å². The van der Waals surface area contributed by atoms with Gasteiger partial charge in [-0.2, -0.15) is 0 Å². The summed E-state index contributed by atoms with van der Waals surface area (Å²) in [4.78, 5) is 11.2. The molecule has 16 heavy (non-hydrogen) atoms. The van der Waals surface area contributed by atoms with Crippen molar-refractivity contribution in [2.24, 2.45) is 0 Å². The van der Waals surface area contributed by atoms with E-state index in [9.17, 15) is 4.79 Å². The third-order valence-corrected chi connectivity index (χ3v) is 2.71. The summed E-state index contributed by atoms with van der Waals surface area (Å²) in [7, 11) is 1.58. The smallest absolute Gasteiger partial charge is 0.315 e. The number of benzene rings is 1. The van der Waals surface area contributed by atoms with Gasteiger partial charge in [0.15, 0.2) is 0 Å². The first-order chi connectivity index (χ1) is 7.79. The first-order valence-electron chi connectivity index (χ1n) is 5.03. The third kappa shape index (κ3) is 1.19. The van der Waals surface area contributed by atoms with E-state index in [4.69, 9.17) is 14.2 Å². The minimum absolute atomic E-state index is 0.250. The van der Waals surface area contributed by atoms with Gasteiger partial charge in [-0.15, -0.1) is 0 Å². The highest BCUT2D eigenvalue weighted by Crippen LogP contribution is 2.43. The molecule has 1 aromatic carbocycles. The lowest BCUT2D eigenvalue weighted by Gasteiger charge is -2.17. The molecule has 0 aromatic heterocycles. The van der Waals surface area contributed by atoms with Crippen molar-refractivity contribution in [1.29, 1.82) is 0 Å². The maximum absolute atomic E-state index is 11.2. The molecule has 4 nitrogen and oxygen atoms in total. The van der Waals surface area contributed by atoms with Gasteiger partial charge < -0.3 is 14.2 Å². The van der Waals surface area contributed by atoms with Crippen LogP contribution in [0.4, 0.5) is 0 Å². The van der Waals surface area contributed by atoms with Crippen LogP contribution in [0.15, 0.2) is 12.1 Å². The van der Waals surface area contributed by atoms with Gasteiger partial charge in [0.1, 0.15) is 23.9 Å². The van der Waals surface area contributed by atoms with Gasteiger partial charge in [0, 0.05) is 11.6 Å². The fourth-order valence-corrected chi connectivity index (χ4v) is 2.05. The first kappa shape index (κ1) is 9.27. The molecule has 2 heterocycles. The van der Waals surface area contributed by atoms with Crippen LogP contribution < -0.4 is 14.2 Å². The minimum Gasteiger partial charge on any atom is -0.496 e. The van der Waals surface area contributed by atoms with E-state index in [1.54, 1.807) is 13.2 Å². The van der Waals surface area contributed by atoms with E-state index in [1.165, 1.54) is 0 Å². The Balaban J connectivity index is 2.25. The molecule has 0 bridgehead atoms. The van der Waals surface area contributed by atoms with Crippen LogP contribution in [0.25, 0.3) is 6.08 Å². The molecule has 82 valence electrons. The average molecular weight is 218 g/mol. The quantitative estimate of drug-likeness (QED) is 0.530. The molecule has 0 saturated carbocycles. The second-order valence-electron chi connectivity index (χ2n) is 3.66. The molecule has 0 unspecified atom stereocenters. The number of ether oxygens (including phenoxy) is 3. The number of fused-ring (bicyclic) bond motifs is 2. The number of carbonyl (C=O) groups excluding carboxylic acids is 1.